The van der Waals surface area contributed by atoms with Crippen LogP contribution in [0.4, 0.5) is 0 Å². The molecule has 13 heavy (non-hydrogen) atoms. The van der Waals surface area contributed by atoms with Gasteiger partial charge in [-0.3, -0.25) is 0 Å². The van der Waals surface area contributed by atoms with Gasteiger partial charge in [-0.25, -0.2) is 0 Å². The highest BCUT2D eigenvalue weighted by Gasteiger charge is 2.07. The van der Waals surface area contributed by atoms with Gasteiger partial charge in [0.05, 0.1) is 0 Å². The molecule has 0 radical (unpaired) electrons. The molecule has 0 amide bonds. The summed E-state index contributed by atoms with van der Waals surface area (Å²) in [4.78, 5) is 0. The average molecular weight is 179 g/mol. The first-order valence-electron chi connectivity index (χ1n) is 5.37. The van der Waals surface area contributed by atoms with E-state index >= 15 is 0 Å². The van der Waals surface area contributed by atoms with Gasteiger partial charge < -0.3 is 5.73 Å². The predicted octanol–water partition coefficient (Wildman–Crippen LogP) is 3.17. The lowest BCUT2D eigenvalue weighted by molar-refractivity contribution is 0.579. The first kappa shape index (κ1) is 10.5. The first-order chi connectivity index (χ1) is 6.33. The Morgan fingerprint density at radius 1 is 1.54 bits per heavy atom. The van der Waals surface area contributed by atoms with E-state index in [1.807, 2.05) is 6.08 Å². The average Bonchev–Trinajstić information content (AvgIpc) is 2.16. The molecule has 0 saturated carbocycles. The summed E-state index contributed by atoms with van der Waals surface area (Å²) in [6.07, 6.45) is 12.9. The van der Waals surface area contributed by atoms with Gasteiger partial charge in [0.25, 0.3) is 0 Å². The Labute approximate surface area is 81.7 Å². The Morgan fingerprint density at radius 2 is 2.38 bits per heavy atom. The van der Waals surface area contributed by atoms with Crippen LogP contribution in [0.5, 0.6) is 0 Å². The normalized spacial score (nSPS) is 19.3. The van der Waals surface area contributed by atoms with Crippen molar-refractivity contribution in [3.8, 4) is 0 Å². The van der Waals surface area contributed by atoms with Crippen molar-refractivity contribution in [3.05, 3.63) is 24.3 Å². The molecule has 1 unspecified atom stereocenters. The molecule has 2 N–H and O–H groups in total. The van der Waals surface area contributed by atoms with Crippen LogP contribution in [0.25, 0.3) is 0 Å². The highest BCUT2D eigenvalue weighted by atomic mass is 14.6. The Balaban J connectivity index is 2.21. The highest BCUT2D eigenvalue weighted by molar-refractivity contribution is 5.06. The van der Waals surface area contributed by atoms with Crippen LogP contribution >= 0.6 is 0 Å². The van der Waals surface area contributed by atoms with Crippen LogP contribution in [-0.4, -0.2) is 6.04 Å². The summed E-state index contributed by atoms with van der Waals surface area (Å²) in [6, 6.07) is 0.349. The van der Waals surface area contributed by atoms with E-state index in [-0.39, 0.29) is 0 Å². The topological polar surface area (TPSA) is 26.0 Å². The predicted molar refractivity (Wildman–Crippen MR) is 58.6 cm³/mol. The molecule has 1 heteroatoms. The summed E-state index contributed by atoms with van der Waals surface area (Å²) in [5, 5.41) is 0. The molecular weight excluding hydrogens is 158 g/mol. The fourth-order valence-corrected chi connectivity index (χ4v) is 1.86. The minimum Gasteiger partial charge on any atom is -0.327 e. The Morgan fingerprint density at radius 3 is 3.00 bits per heavy atom. The number of nitrogens with two attached hydrogens (primary N) is 1. The number of allylic oxidation sites excluding steroid dienone is 2. The minimum atomic E-state index is 0.349. The number of rotatable bonds is 5. The van der Waals surface area contributed by atoms with Gasteiger partial charge in [0.2, 0.25) is 0 Å². The highest BCUT2D eigenvalue weighted by Crippen LogP contribution is 2.21. The summed E-state index contributed by atoms with van der Waals surface area (Å²) >= 11 is 0. The zero-order valence-electron chi connectivity index (χ0n) is 8.47. The van der Waals surface area contributed by atoms with Gasteiger partial charge in [-0.15, -0.1) is 6.58 Å². The zero-order valence-corrected chi connectivity index (χ0v) is 8.47. The van der Waals surface area contributed by atoms with Gasteiger partial charge in [0.15, 0.2) is 0 Å². The Kier molecular flexibility index (Phi) is 4.84. The molecule has 1 atom stereocenters. The van der Waals surface area contributed by atoms with Crippen molar-refractivity contribution >= 4 is 0 Å². The summed E-state index contributed by atoms with van der Waals surface area (Å²) < 4.78 is 0. The van der Waals surface area contributed by atoms with E-state index in [1.165, 1.54) is 25.7 Å². The molecule has 0 aromatic carbocycles. The fourth-order valence-electron chi connectivity index (χ4n) is 1.86. The molecule has 1 nitrogen and oxygen atoms in total. The van der Waals surface area contributed by atoms with Crippen LogP contribution in [-0.2, 0) is 0 Å². The second-order valence-corrected chi connectivity index (χ2v) is 3.94. The lowest BCUT2D eigenvalue weighted by Crippen LogP contribution is -2.20. The van der Waals surface area contributed by atoms with Crippen molar-refractivity contribution in [2.24, 2.45) is 5.73 Å². The van der Waals surface area contributed by atoms with Gasteiger partial charge in [-0.05, 0) is 44.9 Å². The SMILES string of the molecule is C=CCCC(N)CC1=CCCCC1. The van der Waals surface area contributed by atoms with Crippen molar-refractivity contribution in [2.75, 3.05) is 0 Å². The third-order valence-electron chi connectivity index (χ3n) is 2.65. The third kappa shape index (κ3) is 4.28. The lowest BCUT2D eigenvalue weighted by Gasteiger charge is -2.16. The smallest absolute Gasteiger partial charge is 0.00790 e. The first-order valence-corrected chi connectivity index (χ1v) is 5.37. The molecule has 1 aliphatic rings. The summed E-state index contributed by atoms with van der Waals surface area (Å²) in [5.41, 5.74) is 7.59. The standard InChI is InChI=1S/C12H21N/c1-2-3-9-12(13)10-11-7-5-4-6-8-11/h2,7,12H,1,3-6,8-10,13H2. The maximum Gasteiger partial charge on any atom is 0.00790 e. The van der Waals surface area contributed by atoms with Crippen LogP contribution in [0.15, 0.2) is 24.3 Å². The van der Waals surface area contributed by atoms with Crippen molar-refractivity contribution in [3.63, 3.8) is 0 Å². The zero-order chi connectivity index (χ0) is 9.52. The molecule has 0 fully saturated rings. The second-order valence-electron chi connectivity index (χ2n) is 3.94. The molecule has 0 aromatic rings. The molecule has 74 valence electrons. The van der Waals surface area contributed by atoms with Crippen LogP contribution in [0.3, 0.4) is 0 Å². The molecule has 0 saturated heterocycles. The van der Waals surface area contributed by atoms with Crippen molar-refractivity contribution in [1.29, 1.82) is 0 Å². The number of hydrogen-bond acceptors (Lipinski definition) is 1. The van der Waals surface area contributed by atoms with Crippen molar-refractivity contribution in [2.45, 2.75) is 51.0 Å². The molecule has 0 spiro atoms. The van der Waals surface area contributed by atoms with Crippen LogP contribution in [0.1, 0.15) is 44.9 Å². The van der Waals surface area contributed by atoms with E-state index in [9.17, 15) is 0 Å². The van der Waals surface area contributed by atoms with Crippen LogP contribution in [0.2, 0.25) is 0 Å². The van der Waals surface area contributed by atoms with E-state index in [1.54, 1.807) is 5.57 Å². The monoisotopic (exact) mass is 179 g/mol. The van der Waals surface area contributed by atoms with Crippen molar-refractivity contribution < 1.29 is 0 Å². The van der Waals surface area contributed by atoms with Gasteiger partial charge in [0, 0.05) is 6.04 Å². The quantitative estimate of drug-likeness (QED) is 0.644. The summed E-state index contributed by atoms with van der Waals surface area (Å²) in [7, 11) is 0. The van der Waals surface area contributed by atoms with Crippen LogP contribution < -0.4 is 5.73 Å². The molecule has 0 aromatic heterocycles. The van der Waals surface area contributed by atoms with Gasteiger partial charge in [-0.1, -0.05) is 17.7 Å². The van der Waals surface area contributed by atoms with E-state index in [2.05, 4.69) is 12.7 Å². The number of hydrogen-bond donors (Lipinski definition) is 1. The van der Waals surface area contributed by atoms with E-state index in [0.717, 1.165) is 19.3 Å². The second kappa shape index (κ2) is 5.98. The maximum absolute atomic E-state index is 6.00. The molecule has 1 rings (SSSR count). The third-order valence-corrected chi connectivity index (χ3v) is 2.65. The summed E-state index contributed by atoms with van der Waals surface area (Å²) in [5.74, 6) is 0. The molecule has 0 heterocycles. The maximum atomic E-state index is 6.00. The summed E-state index contributed by atoms with van der Waals surface area (Å²) in [6.45, 7) is 3.71. The van der Waals surface area contributed by atoms with Crippen molar-refractivity contribution in [1.82, 2.24) is 0 Å². The molecule has 1 aliphatic carbocycles. The molecule has 0 aliphatic heterocycles. The van der Waals surface area contributed by atoms with E-state index < -0.39 is 0 Å². The Bertz CT molecular complexity index is 182. The van der Waals surface area contributed by atoms with Crippen LogP contribution in [0, 0.1) is 0 Å². The lowest BCUT2D eigenvalue weighted by atomic mass is 9.93. The van der Waals surface area contributed by atoms with Gasteiger partial charge >= 0.3 is 0 Å². The minimum absolute atomic E-state index is 0.349. The van der Waals surface area contributed by atoms with Gasteiger partial charge in [0.1, 0.15) is 0 Å². The van der Waals surface area contributed by atoms with Gasteiger partial charge in [-0.2, -0.15) is 0 Å². The fraction of sp³-hybridized carbons (Fsp3) is 0.667. The molecular formula is C12H21N. The largest absolute Gasteiger partial charge is 0.327 e. The van der Waals surface area contributed by atoms with E-state index in [4.69, 9.17) is 5.73 Å². The molecule has 0 bridgehead atoms. The van der Waals surface area contributed by atoms with E-state index in [0.29, 0.717) is 6.04 Å². The Hall–Kier alpha value is -0.560.